The Kier molecular flexibility index (Phi) is 7.50. The highest BCUT2D eigenvalue weighted by Gasteiger charge is 2.49. The lowest BCUT2D eigenvalue weighted by molar-refractivity contribution is -0.134. The minimum Gasteiger partial charge on any atom is -0.484 e. The van der Waals surface area contributed by atoms with Gasteiger partial charge in [0.15, 0.2) is 6.61 Å². The van der Waals surface area contributed by atoms with Gasteiger partial charge in [0.1, 0.15) is 5.75 Å². The minimum absolute atomic E-state index is 0. The zero-order chi connectivity index (χ0) is 18.6. The number of hydrogen-bond donors (Lipinski definition) is 2. The molecule has 2 aliphatic rings. The third kappa shape index (κ3) is 4.93. The van der Waals surface area contributed by atoms with Crippen LogP contribution in [0.15, 0.2) is 24.3 Å². The molecule has 0 radical (unpaired) electrons. The summed E-state index contributed by atoms with van der Waals surface area (Å²) in [5.41, 5.74) is 0.743. The van der Waals surface area contributed by atoms with Crippen LogP contribution in [0.5, 0.6) is 5.75 Å². The molecule has 0 unspecified atom stereocenters. The second kappa shape index (κ2) is 9.42. The molecule has 2 fully saturated rings. The van der Waals surface area contributed by atoms with Crippen molar-refractivity contribution >= 4 is 24.2 Å². The molecule has 2 N–H and O–H groups in total. The highest BCUT2D eigenvalue weighted by Crippen LogP contribution is 2.43. The summed E-state index contributed by atoms with van der Waals surface area (Å²) in [6.45, 7) is 2.24. The van der Waals surface area contributed by atoms with E-state index in [4.69, 9.17) is 4.74 Å². The molecule has 1 saturated carbocycles. The van der Waals surface area contributed by atoms with Crippen LogP contribution in [0.25, 0.3) is 0 Å². The Morgan fingerprint density at radius 3 is 2.93 bits per heavy atom. The van der Waals surface area contributed by atoms with Crippen LogP contribution < -0.4 is 15.4 Å². The Bertz CT molecular complexity index is 668. The molecule has 0 bridgehead atoms. The van der Waals surface area contributed by atoms with Gasteiger partial charge in [-0.25, -0.2) is 0 Å². The van der Waals surface area contributed by atoms with Crippen molar-refractivity contribution in [1.29, 1.82) is 0 Å². The number of carbonyl (C=O) groups excluding carboxylic acids is 2. The monoisotopic (exact) mass is 395 g/mol. The van der Waals surface area contributed by atoms with Gasteiger partial charge in [0.25, 0.3) is 5.91 Å². The standard InChI is InChI=1S/C20H29N3O3.ClH/c1-23(2)18(24)13-26-17-8-5-6-15(10-17)11-22-19(25)20-9-4-3-7-16(20)12-21-14-20;/h5-6,8,10,16,21H,3-4,7,9,11-14H2,1-2H3,(H,22,25);1H/t16-,20+;/m0./s1. The van der Waals surface area contributed by atoms with Crippen LogP contribution in [0, 0.1) is 11.3 Å². The first-order valence-corrected chi connectivity index (χ1v) is 9.42. The molecule has 150 valence electrons. The average Bonchev–Trinajstić information content (AvgIpc) is 3.09. The number of nitrogens with one attached hydrogen (secondary N) is 2. The van der Waals surface area contributed by atoms with E-state index in [0.29, 0.717) is 18.2 Å². The molecule has 1 aliphatic heterocycles. The van der Waals surface area contributed by atoms with E-state index in [0.717, 1.165) is 37.9 Å². The zero-order valence-corrected chi connectivity index (χ0v) is 16.9. The van der Waals surface area contributed by atoms with Crippen molar-refractivity contribution in [3.63, 3.8) is 0 Å². The normalized spacial score (nSPS) is 23.7. The molecule has 0 aromatic heterocycles. The Morgan fingerprint density at radius 2 is 2.15 bits per heavy atom. The van der Waals surface area contributed by atoms with Gasteiger partial charge in [-0.3, -0.25) is 9.59 Å². The van der Waals surface area contributed by atoms with Crippen LogP contribution in [0.3, 0.4) is 0 Å². The molecule has 3 rings (SSSR count). The summed E-state index contributed by atoms with van der Waals surface area (Å²) in [5.74, 6) is 1.19. The van der Waals surface area contributed by atoms with Crippen molar-refractivity contribution in [2.75, 3.05) is 33.8 Å². The lowest BCUT2D eigenvalue weighted by Crippen LogP contribution is -2.47. The van der Waals surface area contributed by atoms with Crippen molar-refractivity contribution < 1.29 is 14.3 Å². The van der Waals surface area contributed by atoms with Gasteiger partial charge >= 0.3 is 0 Å². The van der Waals surface area contributed by atoms with Crippen molar-refractivity contribution in [2.24, 2.45) is 11.3 Å². The Morgan fingerprint density at radius 1 is 1.33 bits per heavy atom. The number of nitrogens with zero attached hydrogens (tertiary/aromatic N) is 1. The maximum Gasteiger partial charge on any atom is 0.259 e. The third-order valence-corrected chi connectivity index (χ3v) is 5.70. The van der Waals surface area contributed by atoms with E-state index in [-0.39, 0.29) is 36.2 Å². The molecular formula is C20H30ClN3O3. The first kappa shape index (κ1) is 21.5. The van der Waals surface area contributed by atoms with E-state index in [1.54, 1.807) is 14.1 Å². The molecule has 7 heteroatoms. The Balaban J connectivity index is 0.00000261. The lowest BCUT2D eigenvalue weighted by Gasteiger charge is -2.37. The molecule has 2 amide bonds. The van der Waals surface area contributed by atoms with E-state index >= 15 is 0 Å². The molecule has 6 nitrogen and oxygen atoms in total. The highest BCUT2D eigenvalue weighted by molar-refractivity contribution is 5.85. The number of amides is 2. The van der Waals surface area contributed by atoms with Crippen molar-refractivity contribution in [2.45, 2.75) is 32.2 Å². The van der Waals surface area contributed by atoms with Crippen LogP contribution in [-0.4, -0.2) is 50.5 Å². The maximum atomic E-state index is 12.9. The summed E-state index contributed by atoms with van der Waals surface area (Å²) in [6.07, 6.45) is 4.48. The summed E-state index contributed by atoms with van der Waals surface area (Å²) in [4.78, 5) is 26.1. The molecule has 0 spiro atoms. The van der Waals surface area contributed by atoms with E-state index < -0.39 is 0 Å². The SMILES string of the molecule is CN(C)C(=O)COc1cccc(CNC(=O)[C@@]23CCCC[C@H]2CNC3)c1.Cl. The van der Waals surface area contributed by atoms with Gasteiger partial charge < -0.3 is 20.3 Å². The van der Waals surface area contributed by atoms with Gasteiger partial charge in [0.05, 0.1) is 5.41 Å². The number of benzene rings is 1. The van der Waals surface area contributed by atoms with Crippen LogP contribution in [0.1, 0.15) is 31.2 Å². The second-order valence-corrected chi connectivity index (χ2v) is 7.64. The summed E-state index contributed by atoms with van der Waals surface area (Å²) in [6, 6.07) is 7.55. The van der Waals surface area contributed by atoms with E-state index in [1.807, 2.05) is 24.3 Å². The fourth-order valence-corrected chi connectivity index (χ4v) is 4.07. The molecule has 27 heavy (non-hydrogen) atoms. The largest absolute Gasteiger partial charge is 0.484 e. The van der Waals surface area contributed by atoms with Crippen molar-refractivity contribution in [1.82, 2.24) is 15.5 Å². The van der Waals surface area contributed by atoms with Crippen molar-refractivity contribution in [3.8, 4) is 5.75 Å². The number of hydrogen-bond acceptors (Lipinski definition) is 4. The van der Waals surface area contributed by atoms with Crippen LogP contribution in [0.4, 0.5) is 0 Å². The lowest BCUT2D eigenvalue weighted by atomic mass is 9.67. The molecule has 2 atom stereocenters. The van der Waals surface area contributed by atoms with Crippen LogP contribution >= 0.6 is 12.4 Å². The second-order valence-electron chi connectivity index (χ2n) is 7.64. The smallest absolute Gasteiger partial charge is 0.259 e. The maximum absolute atomic E-state index is 12.9. The number of likely N-dealkylation sites (N-methyl/N-ethyl adjacent to an activating group) is 1. The fourth-order valence-electron chi connectivity index (χ4n) is 4.07. The van der Waals surface area contributed by atoms with Crippen LogP contribution in [0.2, 0.25) is 0 Å². The van der Waals surface area contributed by atoms with Gasteiger partial charge in [-0.15, -0.1) is 12.4 Å². The van der Waals surface area contributed by atoms with Crippen molar-refractivity contribution in [3.05, 3.63) is 29.8 Å². The quantitative estimate of drug-likeness (QED) is 0.772. The Hall–Kier alpha value is -1.79. The molecule has 1 heterocycles. The van der Waals surface area contributed by atoms with E-state index in [1.165, 1.54) is 11.3 Å². The molecule has 1 saturated heterocycles. The van der Waals surface area contributed by atoms with Gasteiger partial charge in [-0.1, -0.05) is 25.0 Å². The highest BCUT2D eigenvalue weighted by atomic mass is 35.5. The fraction of sp³-hybridized carbons (Fsp3) is 0.600. The Labute approximate surface area is 167 Å². The molecule has 1 aromatic carbocycles. The van der Waals surface area contributed by atoms with E-state index in [9.17, 15) is 9.59 Å². The first-order valence-electron chi connectivity index (χ1n) is 9.42. The number of fused-ring (bicyclic) bond motifs is 1. The number of halogens is 1. The zero-order valence-electron chi connectivity index (χ0n) is 16.1. The topological polar surface area (TPSA) is 70.7 Å². The van der Waals surface area contributed by atoms with Gasteiger partial charge in [-0.05, 0) is 43.0 Å². The predicted molar refractivity (Wildman–Crippen MR) is 107 cm³/mol. The summed E-state index contributed by atoms with van der Waals surface area (Å²) >= 11 is 0. The van der Waals surface area contributed by atoms with Gasteiger partial charge in [0, 0.05) is 27.2 Å². The average molecular weight is 396 g/mol. The molecule has 1 aliphatic carbocycles. The van der Waals surface area contributed by atoms with Gasteiger partial charge in [0.2, 0.25) is 5.91 Å². The molecule has 1 aromatic rings. The number of carbonyl (C=O) groups is 2. The molecular weight excluding hydrogens is 366 g/mol. The third-order valence-electron chi connectivity index (χ3n) is 5.70. The van der Waals surface area contributed by atoms with Gasteiger partial charge in [-0.2, -0.15) is 0 Å². The summed E-state index contributed by atoms with van der Waals surface area (Å²) in [5, 5.41) is 6.54. The van der Waals surface area contributed by atoms with E-state index in [2.05, 4.69) is 10.6 Å². The summed E-state index contributed by atoms with van der Waals surface area (Å²) in [7, 11) is 3.40. The minimum atomic E-state index is -0.232. The van der Waals surface area contributed by atoms with Crippen LogP contribution in [-0.2, 0) is 16.1 Å². The number of rotatable bonds is 6. The number of ether oxygens (including phenoxy) is 1. The first-order chi connectivity index (χ1) is 12.5. The summed E-state index contributed by atoms with van der Waals surface area (Å²) < 4.78 is 5.55. The predicted octanol–water partition coefficient (Wildman–Crippen LogP) is 1.97.